The lowest BCUT2D eigenvalue weighted by atomic mass is 9.94. The van der Waals surface area contributed by atoms with Crippen molar-refractivity contribution < 1.29 is 0 Å². The van der Waals surface area contributed by atoms with Crippen molar-refractivity contribution in [2.75, 3.05) is 0 Å². The van der Waals surface area contributed by atoms with Crippen molar-refractivity contribution in [2.24, 2.45) is 0 Å². The van der Waals surface area contributed by atoms with E-state index in [0.717, 1.165) is 13.0 Å². The van der Waals surface area contributed by atoms with E-state index in [1.807, 2.05) is 0 Å². The van der Waals surface area contributed by atoms with Gasteiger partial charge in [0.2, 0.25) is 0 Å². The van der Waals surface area contributed by atoms with Gasteiger partial charge in [0.25, 0.3) is 0 Å². The zero-order valence-electron chi connectivity index (χ0n) is 16.9. The largest absolute Gasteiger partial charge is 0.340 e. The predicted molar refractivity (Wildman–Crippen MR) is 128 cm³/mol. The number of nitrogens with zero attached hydrogens (tertiary/aromatic N) is 1. The Labute approximate surface area is 175 Å². The molecule has 0 amide bonds. The molecule has 0 radical (unpaired) electrons. The summed E-state index contributed by atoms with van der Waals surface area (Å²) in [4.78, 5) is 0. The molecule has 0 atom stereocenters. The van der Waals surface area contributed by atoms with Crippen molar-refractivity contribution in [1.82, 2.24) is 4.57 Å². The van der Waals surface area contributed by atoms with Crippen molar-refractivity contribution in [3.05, 3.63) is 96.1 Å². The summed E-state index contributed by atoms with van der Waals surface area (Å²) in [6.45, 7) is 3.24. The van der Waals surface area contributed by atoms with Crippen LogP contribution in [0.3, 0.4) is 0 Å². The van der Waals surface area contributed by atoms with Gasteiger partial charge >= 0.3 is 0 Å². The smallest absolute Gasteiger partial charge is 0.0580 e. The summed E-state index contributed by atoms with van der Waals surface area (Å²) < 4.78 is 2.53. The molecule has 0 unspecified atom stereocenters. The van der Waals surface area contributed by atoms with Gasteiger partial charge in [-0.05, 0) is 57.6 Å². The second-order valence-corrected chi connectivity index (χ2v) is 8.37. The molecule has 1 aromatic heterocycles. The molecule has 6 aromatic rings. The second-order valence-electron chi connectivity index (χ2n) is 8.37. The molecule has 0 N–H and O–H groups in total. The topological polar surface area (TPSA) is 4.93 Å². The zero-order valence-corrected chi connectivity index (χ0v) is 16.9. The Morgan fingerprint density at radius 2 is 1.37 bits per heavy atom. The monoisotopic (exact) mass is 383 g/mol. The molecule has 7 rings (SSSR count). The van der Waals surface area contributed by atoms with Crippen LogP contribution in [0.5, 0.6) is 0 Å². The standard InChI is InChI=1S/C29H21N/c1-2-30-26-14-8-7-13-23(26)27-21-12-6-5-11-20(21)25-17-24-19-10-4-3-9-18(19)15-16-22(24)28(25)29(27)30/h3-16H,2,17H2,1H3. The lowest BCUT2D eigenvalue weighted by Crippen LogP contribution is -1.96. The molecule has 1 aliphatic rings. The van der Waals surface area contributed by atoms with Gasteiger partial charge in [0, 0.05) is 28.4 Å². The van der Waals surface area contributed by atoms with Crippen LogP contribution in [-0.2, 0) is 13.0 Å². The van der Waals surface area contributed by atoms with Crippen LogP contribution >= 0.6 is 0 Å². The van der Waals surface area contributed by atoms with E-state index in [9.17, 15) is 0 Å². The van der Waals surface area contributed by atoms with Gasteiger partial charge in [0.1, 0.15) is 0 Å². The maximum Gasteiger partial charge on any atom is 0.0580 e. The first-order valence-electron chi connectivity index (χ1n) is 10.8. The Morgan fingerprint density at radius 3 is 2.20 bits per heavy atom. The van der Waals surface area contributed by atoms with E-state index in [1.165, 1.54) is 65.6 Å². The van der Waals surface area contributed by atoms with E-state index >= 15 is 0 Å². The molecule has 1 heteroatoms. The Balaban J connectivity index is 1.78. The van der Waals surface area contributed by atoms with Gasteiger partial charge in [-0.3, -0.25) is 0 Å². The highest BCUT2D eigenvalue weighted by Crippen LogP contribution is 2.50. The van der Waals surface area contributed by atoms with Crippen molar-refractivity contribution in [3.63, 3.8) is 0 Å². The third-order valence-corrected chi connectivity index (χ3v) is 7.01. The molecule has 1 heterocycles. The number of benzene rings is 5. The average molecular weight is 383 g/mol. The molecule has 1 nitrogen and oxygen atoms in total. The van der Waals surface area contributed by atoms with E-state index in [2.05, 4.69) is 96.4 Å². The molecular formula is C29H21N. The highest BCUT2D eigenvalue weighted by Gasteiger charge is 2.28. The van der Waals surface area contributed by atoms with E-state index in [1.54, 1.807) is 0 Å². The second kappa shape index (κ2) is 5.73. The molecule has 142 valence electrons. The number of aromatic nitrogens is 1. The third kappa shape index (κ3) is 1.88. The molecule has 1 aliphatic carbocycles. The molecule has 0 bridgehead atoms. The summed E-state index contributed by atoms with van der Waals surface area (Å²) in [5.74, 6) is 0. The minimum Gasteiger partial charge on any atom is -0.340 e. The maximum absolute atomic E-state index is 2.53. The molecule has 5 aromatic carbocycles. The summed E-state index contributed by atoms with van der Waals surface area (Å²) in [5, 5.41) is 8.28. The van der Waals surface area contributed by atoms with Crippen LogP contribution < -0.4 is 0 Å². The first-order valence-corrected chi connectivity index (χ1v) is 10.8. The number of hydrogen-bond donors (Lipinski definition) is 0. The Kier molecular flexibility index (Phi) is 3.10. The van der Waals surface area contributed by atoms with Gasteiger partial charge < -0.3 is 4.57 Å². The van der Waals surface area contributed by atoms with Crippen LogP contribution in [-0.4, -0.2) is 4.57 Å². The summed E-state index contributed by atoms with van der Waals surface area (Å²) in [6, 6.07) is 31.4. The van der Waals surface area contributed by atoms with Crippen molar-refractivity contribution >= 4 is 43.4 Å². The quantitative estimate of drug-likeness (QED) is 0.274. The van der Waals surface area contributed by atoms with Gasteiger partial charge in [0.15, 0.2) is 0 Å². The van der Waals surface area contributed by atoms with Gasteiger partial charge in [-0.1, -0.05) is 78.9 Å². The first-order chi connectivity index (χ1) is 14.9. The number of rotatable bonds is 1. The van der Waals surface area contributed by atoms with Crippen molar-refractivity contribution in [1.29, 1.82) is 0 Å². The number of hydrogen-bond acceptors (Lipinski definition) is 0. The van der Waals surface area contributed by atoms with E-state index in [0.29, 0.717) is 0 Å². The Morgan fingerprint density at radius 1 is 0.667 bits per heavy atom. The maximum atomic E-state index is 2.53. The normalized spacial score (nSPS) is 12.8. The van der Waals surface area contributed by atoms with E-state index in [-0.39, 0.29) is 0 Å². The molecular weight excluding hydrogens is 362 g/mol. The molecule has 0 aliphatic heterocycles. The Hall–Kier alpha value is -3.58. The minimum atomic E-state index is 0.970. The first kappa shape index (κ1) is 16.2. The van der Waals surface area contributed by atoms with Crippen LogP contribution in [0.1, 0.15) is 18.1 Å². The van der Waals surface area contributed by atoms with Gasteiger partial charge in [-0.15, -0.1) is 0 Å². The average Bonchev–Trinajstić information content (AvgIpc) is 3.35. The highest BCUT2D eigenvalue weighted by molar-refractivity contribution is 6.26. The van der Waals surface area contributed by atoms with E-state index < -0.39 is 0 Å². The van der Waals surface area contributed by atoms with Crippen LogP contribution in [0.4, 0.5) is 0 Å². The highest BCUT2D eigenvalue weighted by atomic mass is 15.0. The summed E-state index contributed by atoms with van der Waals surface area (Å²) >= 11 is 0. The van der Waals surface area contributed by atoms with Gasteiger partial charge in [-0.2, -0.15) is 0 Å². The molecule has 0 fully saturated rings. The fourth-order valence-electron chi connectivity index (χ4n) is 5.82. The fraction of sp³-hybridized carbons (Fsp3) is 0.103. The summed E-state index contributed by atoms with van der Waals surface area (Å²) in [7, 11) is 0. The lowest BCUT2D eigenvalue weighted by Gasteiger charge is -2.13. The van der Waals surface area contributed by atoms with Gasteiger partial charge in [-0.25, -0.2) is 0 Å². The fourth-order valence-corrected chi connectivity index (χ4v) is 5.82. The number of fused-ring (bicyclic) bond motifs is 12. The van der Waals surface area contributed by atoms with Crippen molar-refractivity contribution in [3.8, 4) is 11.1 Å². The number of aryl methyl sites for hydroxylation is 1. The molecule has 30 heavy (non-hydrogen) atoms. The van der Waals surface area contributed by atoms with E-state index in [4.69, 9.17) is 0 Å². The molecule has 0 saturated heterocycles. The lowest BCUT2D eigenvalue weighted by molar-refractivity contribution is 0.828. The summed E-state index contributed by atoms with van der Waals surface area (Å²) in [5.41, 5.74) is 8.57. The third-order valence-electron chi connectivity index (χ3n) is 7.01. The number of para-hydroxylation sites is 1. The van der Waals surface area contributed by atoms with Crippen LogP contribution in [0.2, 0.25) is 0 Å². The van der Waals surface area contributed by atoms with Gasteiger partial charge in [0.05, 0.1) is 5.52 Å². The molecule has 0 spiro atoms. The van der Waals surface area contributed by atoms with Crippen LogP contribution in [0.25, 0.3) is 54.5 Å². The molecule has 0 saturated carbocycles. The van der Waals surface area contributed by atoms with Crippen LogP contribution in [0, 0.1) is 0 Å². The summed E-state index contributed by atoms with van der Waals surface area (Å²) in [6.07, 6.45) is 1.01. The van der Waals surface area contributed by atoms with Crippen molar-refractivity contribution in [2.45, 2.75) is 19.9 Å². The predicted octanol–water partition coefficient (Wildman–Crippen LogP) is 7.69. The Bertz CT molecular complexity index is 1650. The van der Waals surface area contributed by atoms with Crippen LogP contribution in [0.15, 0.2) is 84.9 Å². The minimum absolute atomic E-state index is 0.970. The SMILES string of the molecule is CCn1c2ccccc2c2c3ccccc3c3c(c21)-c1ccc2ccccc2c1C3. The zero-order chi connectivity index (χ0) is 19.8.